The molecule has 0 radical (unpaired) electrons. The lowest BCUT2D eigenvalue weighted by Gasteiger charge is -2.16. The Kier molecular flexibility index (Phi) is 2.96. The molecule has 1 fully saturated rings. The summed E-state index contributed by atoms with van der Waals surface area (Å²) < 4.78 is 31.3. The van der Waals surface area contributed by atoms with E-state index in [2.05, 4.69) is 10.1 Å². The Labute approximate surface area is 113 Å². The number of amides is 1. The molecule has 0 bridgehead atoms. The Morgan fingerprint density at radius 3 is 2.60 bits per heavy atom. The van der Waals surface area contributed by atoms with E-state index in [9.17, 15) is 13.6 Å². The highest BCUT2D eigenvalue weighted by Crippen LogP contribution is 2.31. The van der Waals surface area contributed by atoms with Gasteiger partial charge in [0.15, 0.2) is 5.82 Å². The lowest BCUT2D eigenvalue weighted by atomic mass is 10.1. The molecule has 0 N–H and O–H groups in total. The number of anilines is 1. The molecular weight excluding hydrogens is 268 g/mol. The molecule has 2 heterocycles. The van der Waals surface area contributed by atoms with Gasteiger partial charge in [0.25, 0.3) is 0 Å². The zero-order chi connectivity index (χ0) is 14.3. The van der Waals surface area contributed by atoms with Crippen LogP contribution in [0.4, 0.5) is 14.5 Å². The fourth-order valence-corrected chi connectivity index (χ4v) is 2.31. The van der Waals surface area contributed by atoms with Crippen LogP contribution in [0.3, 0.4) is 0 Å². The monoisotopic (exact) mass is 279 g/mol. The highest BCUT2D eigenvalue weighted by atomic mass is 19.1. The largest absolute Gasteiger partial charge is 0.340 e. The third-order valence-corrected chi connectivity index (χ3v) is 3.19. The van der Waals surface area contributed by atoms with Crippen molar-refractivity contribution in [3.05, 3.63) is 41.5 Å². The van der Waals surface area contributed by atoms with E-state index in [-0.39, 0.29) is 30.5 Å². The first-order valence-electron chi connectivity index (χ1n) is 6.09. The van der Waals surface area contributed by atoms with Crippen molar-refractivity contribution in [3.8, 4) is 0 Å². The molecule has 1 aliphatic rings. The van der Waals surface area contributed by atoms with Crippen LogP contribution >= 0.6 is 0 Å². The normalized spacial score (nSPS) is 18.9. The van der Waals surface area contributed by atoms with Crippen LogP contribution in [0.25, 0.3) is 0 Å². The van der Waals surface area contributed by atoms with E-state index in [0.717, 1.165) is 18.2 Å². The van der Waals surface area contributed by atoms with Gasteiger partial charge in [-0.3, -0.25) is 4.79 Å². The predicted octanol–water partition coefficient (Wildman–Crippen LogP) is 2.18. The molecular formula is C13H11F2N3O2. The Morgan fingerprint density at radius 1 is 1.30 bits per heavy atom. The highest BCUT2D eigenvalue weighted by molar-refractivity contribution is 5.96. The zero-order valence-electron chi connectivity index (χ0n) is 10.6. The summed E-state index contributed by atoms with van der Waals surface area (Å²) in [6, 6.07) is 3.03. The molecule has 1 atom stereocenters. The van der Waals surface area contributed by atoms with Crippen LogP contribution in [0, 0.1) is 18.6 Å². The fourth-order valence-electron chi connectivity index (χ4n) is 2.31. The summed E-state index contributed by atoms with van der Waals surface area (Å²) in [5.41, 5.74) is 0.204. The van der Waals surface area contributed by atoms with E-state index >= 15 is 0 Å². The molecule has 104 valence electrons. The van der Waals surface area contributed by atoms with Crippen LogP contribution in [0.2, 0.25) is 0 Å². The minimum absolute atomic E-state index is 0.192. The number of carbonyl (C=O) groups excluding carboxylic acids is 1. The van der Waals surface area contributed by atoms with Crippen molar-refractivity contribution < 1.29 is 18.1 Å². The van der Waals surface area contributed by atoms with Gasteiger partial charge in [-0.15, -0.1) is 0 Å². The SMILES string of the molecule is Cc1nc(C2CC(=O)N(c3cc(F)cc(F)c3)C2)no1. The van der Waals surface area contributed by atoms with Gasteiger partial charge in [-0.1, -0.05) is 5.16 Å². The Balaban J connectivity index is 1.87. The van der Waals surface area contributed by atoms with Crippen molar-refractivity contribution in [1.29, 1.82) is 0 Å². The third kappa shape index (κ3) is 2.26. The van der Waals surface area contributed by atoms with Gasteiger partial charge in [0.05, 0.1) is 0 Å². The summed E-state index contributed by atoms with van der Waals surface area (Å²) in [5.74, 6) is -1.02. The Hall–Kier alpha value is -2.31. The van der Waals surface area contributed by atoms with Gasteiger partial charge in [0, 0.05) is 37.6 Å². The van der Waals surface area contributed by atoms with Crippen molar-refractivity contribution in [2.75, 3.05) is 11.4 Å². The standard InChI is InChI=1S/C13H11F2N3O2/c1-7-16-13(17-20-7)8-2-12(19)18(6-8)11-4-9(14)3-10(15)5-11/h3-5,8H,2,6H2,1H3. The van der Waals surface area contributed by atoms with Crippen molar-refractivity contribution in [2.45, 2.75) is 19.3 Å². The van der Waals surface area contributed by atoms with Gasteiger partial charge >= 0.3 is 0 Å². The summed E-state index contributed by atoms with van der Waals surface area (Å²) in [7, 11) is 0. The van der Waals surface area contributed by atoms with Gasteiger partial charge in [-0.2, -0.15) is 4.98 Å². The molecule has 1 aromatic carbocycles. The van der Waals surface area contributed by atoms with Crippen molar-refractivity contribution in [1.82, 2.24) is 10.1 Å². The van der Waals surface area contributed by atoms with Crippen LogP contribution in [0.5, 0.6) is 0 Å². The molecule has 5 nitrogen and oxygen atoms in total. The summed E-state index contributed by atoms with van der Waals surface area (Å²) >= 11 is 0. The van der Waals surface area contributed by atoms with E-state index in [0.29, 0.717) is 11.7 Å². The van der Waals surface area contributed by atoms with E-state index in [1.807, 2.05) is 0 Å². The zero-order valence-corrected chi connectivity index (χ0v) is 10.6. The topological polar surface area (TPSA) is 59.2 Å². The molecule has 1 aromatic heterocycles. The highest BCUT2D eigenvalue weighted by Gasteiger charge is 2.34. The van der Waals surface area contributed by atoms with Crippen LogP contribution < -0.4 is 4.90 Å². The quantitative estimate of drug-likeness (QED) is 0.845. The number of carbonyl (C=O) groups is 1. The minimum atomic E-state index is -0.716. The number of aryl methyl sites for hydroxylation is 1. The summed E-state index contributed by atoms with van der Waals surface area (Å²) in [6.45, 7) is 1.94. The van der Waals surface area contributed by atoms with E-state index in [1.54, 1.807) is 6.92 Å². The van der Waals surface area contributed by atoms with E-state index in [4.69, 9.17) is 4.52 Å². The molecule has 0 aliphatic carbocycles. The van der Waals surface area contributed by atoms with Crippen molar-refractivity contribution in [2.24, 2.45) is 0 Å². The first-order valence-corrected chi connectivity index (χ1v) is 6.09. The molecule has 1 amide bonds. The molecule has 0 spiro atoms. The summed E-state index contributed by atoms with van der Waals surface area (Å²) in [5, 5.41) is 3.78. The Bertz CT molecular complexity index is 651. The number of hydrogen-bond acceptors (Lipinski definition) is 4. The second-order valence-corrected chi connectivity index (χ2v) is 4.70. The number of hydrogen-bond donors (Lipinski definition) is 0. The van der Waals surface area contributed by atoms with Crippen molar-refractivity contribution >= 4 is 11.6 Å². The van der Waals surface area contributed by atoms with Gasteiger partial charge in [0.1, 0.15) is 11.6 Å². The Morgan fingerprint density at radius 2 is 2.00 bits per heavy atom. The average molecular weight is 279 g/mol. The third-order valence-electron chi connectivity index (χ3n) is 3.19. The van der Waals surface area contributed by atoms with Gasteiger partial charge in [-0.05, 0) is 12.1 Å². The number of benzene rings is 1. The van der Waals surface area contributed by atoms with Gasteiger partial charge < -0.3 is 9.42 Å². The number of aromatic nitrogens is 2. The average Bonchev–Trinajstić information content (AvgIpc) is 2.94. The number of rotatable bonds is 2. The fraction of sp³-hybridized carbons (Fsp3) is 0.308. The smallest absolute Gasteiger partial charge is 0.227 e. The molecule has 1 aliphatic heterocycles. The lowest BCUT2D eigenvalue weighted by Crippen LogP contribution is -2.24. The molecule has 2 aromatic rings. The second-order valence-electron chi connectivity index (χ2n) is 4.70. The molecule has 0 saturated carbocycles. The second kappa shape index (κ2) is 4.66. The lowest BCUT2D eigenvalue weighted by molar-refractivity contribution is -0.117. The van der Waals surface area contributed by atoms with Crippen molar-refractivity contribution in [3.63, 3.8) is 0 Å². The van der Waals surface area contributed by atoms with E-state index < -0.39 is 11.6 Å². The van der Waals surface area contributed by atoms with Crippen LogP contribution in [0.1, 0.15) is 24.1 Å². The maximum Gasteiger partial charge on any atom is 0.227 e. The van der Waals surface area contributed by atoms with E-state index in [1.165, 1.54) is 4.90 Å². The summed E-state index contributed by atoms with van der Waals surface area (Å²) in [4.78, 5) is 17.4. The molecule has 1 unspecified atom stereocenters. The van der Waals surface area contributed by atoms with Crippen LogP contribution in [0.15, 0.2) is 22.7 Å². The first kappa shape index (κ1) is 12.7. The molecule has 1 saturated heterocycles. The van der Waals surface area contributed by atoms with Gasteiger partial charge in [0.2, 0.25) is 11.8 Å². The number of nitrogens with zero attached hydrogens (tertiary/aromatic N) is 3. The maximum absolute atomic E-state index is 13.2. The summed E-state index contributed by atoms with van der Waals surface area (Å²) in [6.07, 6.45) is 0.192. The number of halogens is 2. The van der Waals surface area contributed by atoms with Gasteiger partial charge in [-0.25, -0.2) is 8.78 Å². The minimum Gasteiger partial charge on any atom is -0.340 e. The molecule has 7 heteroatoms. The van der Waals surface area contributed by atoms with Crippen LogP contribution in [-0.4, -0.2) is 22.6 Å². The molecule has 3 rings (SSSR count). The first-order chi connectivity index (χ1) is 9.52. The predicted molar refractivity (Wildman–Crippen MR) is 65.1 cm³/mol. The van der Waals surface area contributed by atoms with Crippen LogP contribution in [-0.2, 0) is 4.79 Å². The molecule has 20 heavy (non-hydrogen) atoms. The maximum atomic E-state index is 13.2.